The van der Waals surface area contributed by atoms with Crippen molar-refractivity contribution in [3.05, 3.63) is 0 Å². The fourth-order valence-corrected chi connectivity index (χ4v) is 5.84. The summed E-state index contributed by atoms with van der Waals surface area (Å²) in [6.07, 6.45) is 1.06. The van der Waals surface area contributed by atoms with Gasteiger partial charge in [0.25, 0.3) is 0 Å². The van der Waals surface area contributed by atoms with Crippen molar-refractivity contribution in [3.63, 3.8) is 0 Å². The van der Waals surface area contributed by atoms with Crippen LogP contribution in [0, 0.1) is 0 Å². The second-order valence-corrected chi connectivity index (χ2v) is 7.70. The molecule has 0 N–H and O–H groups in total. The number of hydrogen-bond acceptors (Lipinski definition) is 3. The molecule has 0 radical (unpaired) electrons. The first-order chi connectivity index (χ1) is 4.63. The smallest absolute Gasteiger partial charge is 0.106 e. The highest BCUT2D eigenvalue weighted by Crippen LogP contribution is 2.34. The zero-order valence-electron chi connectivity index (χ0n) is 7.05. The number of rotatable bonds is 4. The van der Waals surface area contributed by atoms with E-state index >= 15 is 0 Å². The van der Waals surface area contributed by atoms with Gasteiger partial charge in [-0.1, -0.05) is 30.8 Å². The van der Waals surface area contributed by atoms with Crippen LogP contribution in [-0.2, 0) is 4.74 Å². The van der Waals surface area contributed by atoms with Crippen molar-refractivity contribution in [1.82, 2.24) is 0 Å². The Kier molecular flexibility index (Phi) is 5.11. The zero-order valence-corrected chi connectivity index (χ0v) is 9.91. The van der Waals surface area contributed by atoms with Crippen molar-refractivity contribution in [3.8, 4) is 0 Å². The molecule has 0 aliphatic rings. The lowest BCUT2D eigenvalue weighted by molar-refractivity contribution is 0.131. The predicted molar refractivity (Wildman–Crippen MR) is 55.5 cm³/mol. The quantitative estimate of drug-likeness (QED) is 0.320. The Bertz CT molecular complexity index is 85.5. The molecule has 0 amide bonds. The van der Waals surface area contributed by atoms with E-state index in [1.54, 1.807) is 17.9 Å². The van der Waals surface area contributed by atoms with E-state index < -0.39 is 8.80 Å². The van der Waals surface area contributed by atoms with Crippen molar-refractivity contribution in [2.45, 2.75) is 31.0 Å². The van der Waals surface area contributed by atoms with Crippen molar-refractivity contribution in [1.29, 1.82) is 0 Å². The Hall–Kier alpha value is 0.877. The Balaban J connectivity index is 4.15. The van der Waals surface area contributed by atoms with Gasteiger partial charge in [0.1, 0.15) is 4.56 Å². The van der Waals surface area contributed by atoms with Gasteiger partial charge >= 0.3 is 0 Å². The van der Waals surface area contributed by atoms with Crippen LogP contribution in [0.2, 0.25) is 13.1 Å². The highest BCUT2D eigenvalue weighted by atomic mass is 33.1. The number of hydrogen-bond donors (Lipinski definition) is 1. The number of methoxy groups -OCH3 is 1. The largest absolute Gasteiger partial charge is 0.371 e. The monoisotopic (exact) mass is 196 g/mol. The lowest BCUT2D eigenvalue weighted by Crippen LogP contribution is -2.39. The van der Waals surface area contributed by atoms with Crippen LogP contribution in [0.5, 0.6) is 0 Å². The van der Waals surface area contributed by atoms with Crippen LogP contribution in [0.3, 0.4) is 0 Å². The van der Waals surface area contributed by atoms with Gasteiger partial charge in [0.05, 0.1) is 8.80 Å². The maximum absolute atomic E-state index is 5.45. The van der Waals surface area contributed by atoms with Crippen molar-refractivity contribution < 1.29 is 4.74 Å². The zero-order chi connectivity index (χ0) is 8.20. The molecular weight excluding hydrogens is 180 g/mol. The molecule has 0 rings (SSSR count). The van der Waals surface area contributed by atoms with Crippen LogP contribution in [0.25, 0.3) is 0 Å². The van der Waals surface area contributed by atoms with E-state index in [-0.39, 0.29) is 4.56 Å². The third-order valence-corrected chi connectivity index (χ3v) is 8.33. The molecule has 0 aromatic heterocycles. The van der Waals surface area contributed by atoms with Gasteiger partial charge in [0.2, 0.25) is 0 Å². The molecule has 1 unspecified atom stereocenters. The SMILES string of the molecule is CCC(OC)(SS)[SiH](C)C. The van der Waals surface area contributed by atoms with Crippen molar-refractivity contribution >= 4 is 31.3 Å². The Morgan fingerprint density at radius 2 is 2.10 bits per heavy atom. The minimum atomic E-state index is -0.757. The molecule has 0 spiro atoms. The highest BCUT2D eigenvalue weighted by molar-refractivity contribution is 8.69. The molecule has 1 nitrogen and oxygen atoms in total. The fraction of sp³-hybridized carbons (Fsp3) is 1.00. The molecular formula is C6H16OS2Si. The fourth-order valence-electron chi connectivity index (χ4n) is 0.996. The summed E-state index contributed by atoms with van der Waals surface area (Å²) in [6, 6.07) is 0. The van der Waals surface area contributed by atoms with Gasteiger partial charge in [-0.3, -0.25) is 0 Å². The van der Waals surface area contributed by atoms with Gasteiger partial charge in [-0.15, -0.1) is 11.7 Å². The van der Waals surface area contributed by atoms with E-state index in [1.807, 2.05) is 0 Å². The molecule has 4 heteroatoms. The van der Waals surface area contributed by atoms with E-state index in [9.17, 15) is 0 Å². The summed E-state index contributed by atoms with van der Waals surface area (Å²) in [6.45, 7) is 6.73. The maximum atomic E-state index is 5.45. The first-order valence-electron chi connectivity index (χ1n) is 3.50. The van der Waals surface area contributed by atoms with Crippen molar-refractivity contribution in [2.75, 3.05) is 7.11 Å². The highest BCUT2D eigenvalue weighted by Gasteiger charge is 2.31. The van der Waals surface area contributed by atoms with Gasteiger partial charge in [-0.2, -0.15) is 0 Å². The molecule has 0 aliphatic heterocycles. The van der Waals surface area contributed by atoms with Crippen LogP contribution in [0.15, 0.2) is 0 Å². The maximum Gasteiger partial charge on any atom is 0.106 e. The third kappa shape index (κ3) is 2.18. The van der Waals surface area contributed by atoms with Crippen LogP contribution >= 0.6 is 22.5 Å². The van der Waals surface area contributed by atoms with Crippen molar-refractivity contribution in [2.24, 2.45) is 0 Å². The minimum absolute atomic E-state index is 0.0448. The normalized spacial score (nSPS) is 17.4. The Morgan fingerprint density at radius 1 is 1.60 bits per heavy atom. The van der Waals surface area contributed by atoms with Gasteiger partial charge < -0.3 is 4.74 Å². The van der Waals surface area contributed by atoms with Crippen LogP contribution in [-0.4, -0.2) is 20.5 Å². The van der Waals surface area contributed by atoms with Crippen LogP contribution < -0.4 is 0 Å². The van der Waals surface area contributed by atoms with E-state index in [0.717, 1.165) is 6.42 Å². The average Bonchev–Trinajstić information content (AvgIpc) is 1.92. The van der Waals surface area contributed by atoms with Gasteiger partial charge in [-0.05, 0) is 6.42 Å². The standard InChI is InChI=1S/C6H16OS2Si/c1-5-6(7-2,9-8)10(3)4/h8,10H,5H2,1-4H3. The first-order valence-corrected chi connectivity index (χ1v) is 8.26. The van der Waals surface area contributed by atoms with E-state index in [4.69, 9.17) is 4.74 Å². The number of thiol groups is 1. The van der Waals surface area contributed by atoms with Crippen LogP contribution in [0.1, 0.15) is 13.3 Å². The molecule has 10 heavy (non-hydrogen) atoms. The summed E-state index contributed by atoms with van der Waals surface area (Å²) in [5.41, 5.74) is 0. The third-order valence-electron chi connectivity index (χ3n) is 1.87. The van der Waals surface area contributed by atoms with E-state index in [2.05, 4.69) is 31.7 Å². The molecule has 0 aromatic carbocycles. The van der Waals surface area contributed by atoms with E-state index in [0.29, 0.717) is 0 Å². The molecule has 0 saturated carbocycles. The molecule has 0 heterocycles. The second-order valence-electron chi connectivity index (χ2n) is 2.62. The molecule has 0 aromatic rings. The van der Waals surface area contributed by atoms with Gasteiger partial charge in [0.15, 0.2) is 0 Å². The summed E-state index contributed by atoms with van der Waals surface area (Å²) in [5, 5.41) is 0. The summed E-state index contributed by atoms with van der Waals surface area (Å²) in [7, 11) is 2.58. The van der Waals surface area contributed by atoms with Gasteiger partial charge in [0, 0.05) is 7.11 Å². The summed E-state index contributed by atoms with van der Waals surface area (Å²) >= 11 is 4.23. The topological polar surface area (TPSA) is 9.23 Å². The summed E-state index contributed by atoms with van der Waals surface area (Å²) in [4.78, 5) is 0. The Labute approximate surface area is 74.3 Å². The first kappa shape index (κ1) is 10.9. The average molecular weight is 196 g/mol. The molecule has 0 bridgehead atoms. The molecule has 0 aliphatic carbocycles. The molecule has 62 valence electrons. The molecule has 0 fully saturated rings. The molecule has 1 atom stereocenters. The minimum Gasteiger partial charge on any atom is -0.371 e. The van der Waals surface area contributed by atoms with E-state index in [1.165, 1.54) is 0 Å². The summed E-state index contributed by atoms with van der Waals surface area (Å²) in [5.74, 6) is 0. The lowest BCUT2D eigenvalue weighted by Gasteiger charge is -2.31. The summed E-state index contributed by atoms with van der Waals surface area (Å²) < 4.78 is 5.49. The Morgan fingerprint density at radius 3 is 2.10 bits per heavy atom. The number of ether oxygens (including phenoxy) is 1. The van der Waals surface area contributed by atoms with Gasteiger partial charge in [-0.25, -0.2) is 0 Å². The predicted octanol–water partition coefficient (Wildman–Crippen LogP) is 2.34. The van der Waals surface area contributed by atoms with Crippen LogP contribution in [0.4, 0.5) is 0 Å². The lowest BCUT2D eigenvalue weighted by atomic mass is 10.5. The molecule has 0 saturated heterocycles. The second kappa shape index (κ2) is 4.69.